The molecule has 1 fully saturated rings. The van der Waals surface area contributed by atoms with Gasteiger partial charge >= 0.3 is 0 Å². The normalized spacial score (nSPS) is 24.8. The monoisotopic (exact) mass is 333 g/mol. The summed E-state index contributed by atoms with van der Waals surface area (Å²) in [6, 6.07) is 0.628. The van der Waals surface area contributed by atoms with Gasteiger partial charge in [0.05, 0.1) is 15.8 Å². The Hall–Kier alpha value is -0.100. The molecule has 1 aromatic rings. The molecule has 16 heavy (non-hydrogen) atoms. The third-order valence-electron chi connectivity index (χ3n) is 3.25. The zero-order chi connectivity index (χ0) is 11.5. The Bertz CT molecular complexity index is 335. The first-order valence-corrected chi connectivity index (χ1v) is 7.15. The average Bonchev–Trinajstić information content (AvgIpc) is 2.57. The summed E-state index contributed by atoms with van der Waals surface area (Å²) in [6.07, 6.45) is 6.72. The standard InChI is InChI=1S/C12H20IN3/c1-9(2)5-14-6-10-3-4-12(10)16-8-11(13)7-15-16/h7-10,12,14H,3-6H2,1-2H3. The van der Waals surface area contributed by atoms with Crippen LogP contribution >= 0.6 is 22.6 Å². The molecule has 0 amide bonds. The molecule has 0 spiro atoms. The van der Waals surface area contributed by atoms with E-state index in [9.17, 15) is 0 Å². The fourth-order valence-electron chi connectivity index (χ4n) is 2.19. The highest BCUT2D eigenvalue weighted by molar-refractivity contribution is 14.1. The molecule has 0 bridgehead atoms. The van der Waals surface area contributed by atoms with Crippen LogP contribution in [0.2, 0.25) is 0 Å². The van der Waals surface area contributed by atoms with Gasteiger partial charge in [0.25, 0.3) is 0 Å². The maximum atomic E-state index is 4.41. The van der Waals surface area contributed by atoms with Gasteiger partial charge in [0, 0.05) is 12.7 Å². The molecule has 0 aliphatic heterocycles. The lowest BCUT2D eigenvalue weighted by Gasteiger charge is -2.37. The van der Waals surface area contributed by atoms with Crippen LogP contribution in [0.1, 0.15) is 32.7 Å². The Morgan fingerprint density at radius 1 is 1.56 bits per heavy atom. The molecule has 1 N–H and O–H groups in total. The number of hydrogen-bond acceptors (Lipinski definition) is 2. The highest BCUT2D eigenvalue weighted by Gasteiger charge is 2.32. The van der Waals surface area contributed by atoms with Gasteiger partial charge in [0.1, 0.15) is 0 Å². The van der Waals surface area contributed by atoms with Gasteiger partial charge in [0.15, 0.2) is 0 Å². The van der Waals surface area contributed by atoms with E-state index in [2.05, 4.69) is 57.7 Å². The van der Waals surface area contributed by atoms with Gasteiger partial charge in [-0.25, -0.2) is 0 Å². The van der Waals surface area contributed by atoms with Crippen LogP contribution in [0.3, 0.4) is 0 Å². The highest BCUT2D eigenvalue weighted by atomic mass is 127. The number of rotatable bonds is 5. The maximum absolute atomic E-state index is 4.41. The maximum Gasteiger partial charge on any atom is 0.0623 e. The molecule has 1 aliphatic rings. The van der Waals surface area contributed by atoms with Crippen molar-refractivity contribution in [3.05, 3.63) is 16.0 Å². The second-order valence-corrected chi connectivity index (χ2v) is 6.34. The number of nitrogens with zero attached hydrogens (tertiary/aromatic N) is 2. The molecule has 2 atom stereocenters. The third kappa shape index (κ3) is 2.97. The van der Waals surface area contributed by atoms with E-state index >= 15 is 0 Å². The Balaban J connectivity index is 1.80. The van der Waals surface area contributed by atoms with E-state index in [-0.39, 0.29) is 0 Å². The average molecular weight is 333 g/mol. The number of hydrogen-bond donors (Lipinski definition) is 1. The molecule has 2 unspecified atom stereocenters. The van der Waals surface area contributed by atoms with E-state index in [1.807, 2.05) is 6.20 Å². The lowest BCUT2D eigenvalue weighted by atomic mass is 9.79. The van der Waals surface area contributed by atoms with E-state index in [0.29, 0.717) is 6.04 Å². The van der Waals surface area contributed by atoms with Crippen LogP contribution in [0.5, 0.6) is 0 Å². The summed E-state index contributed by atoms with van der Waals surface area (Å²) >= 11 is 2.32. The van der Waals surface area contributed by atoms with Crippen molar-refractivity contribution >= 4 is 22.6 Å². The van der Waals surface area contributed by atoms with Crippen molar-refractivity contribution in [1.82, 2.24) is 15.1 Å². The van der Waals surface area contributed by atoms with Crippen molar-refractivity contribution in [1.29, 1.82) is 0 Å². The Labute approximate surface area is 111 Å². The van der Waals surface area contributed by atoms with E-state index in [4.69, 9.17) is 0 Å². The van der Waals surface area contributed by atoms with Gasteiger partial charge < -0.3 is 5.32 Å². The molecule has 0 aromatic carbocycles. The second kappa shape index (κ2) is 5.49. The molecule has 1 saturated carbocycles. The number of nitrogens with one attached hydrogen (secondary N) is 1. The molecule has 1 aromatic heterocycles. The molecule has 3 nitrogen and oxygen atoms in total. The minimum absolute atomic E-state index is 0.628. The first kappa shape index (κ1) is 12.4. The molecule has 0 saturated heterocycles. The van der Waals surface area contributed by atoms with Crippen LogP contribution in [0, 0.1) is 15.4 Å². The van der Waals surface area contributed by atoms with Crippen LogP contribution in [-0.2, 0) is 0 Å². The highest BCUT2D eigenvalue weighted by Crippen LogP contribution is 2.37. The summed E-state index contributed by atoms with van der Waals surface area (Å²) in [4.78, 5) is 0. The van der Waals surface area contributed by atoms with Gasteiger partial charge in [0.2, 0.25) is 0 Å². The summed E-state index contributed by atoms with van der Waals surface area (Å²) in [5.74, 6) is 1.51. The van der Waals surface area contributed by atoms with Crippen LogP contribution in [0.15, 0.2) is 12.4 Å². The van der Waals surface area contributed by atoms with Crippen LogP contribution in [-0.4, -0.2) is 22.9 Å². The van der Waals surface area contributed by atoms with E-state index in [1.54, 1.807) is 0 Å². The molecule has 1 heterocycles. The van der Waals surface area contributed by atoms with Gasteiger partial charge in [-0.15, -0.1) is 0 Å². The van der Waals surface area contributed by atoms with Crippen LogP contribution in [0.25, 0.3) is 0 Å². The number of aromatic nitrogens is 2. The smallest absolute Gasteiger partial charge is 0.0623 e. The van der Waals surface area contributed by atoms with Gasteiger partial charge in [-0.3, -0.25) is 4.68 Å². The summed E-state index contributed by atoms with van der Waals surface area (Å²) in [5.41, 5.74) is 0. The minimum Gasteiger partial charge on any atom is -0.316 e. The SMILES string of the molecule is CC(C)CNCC1CCC1n1cc(I)cn1. The summed E-state index contributed by atoms with van der Waals surface area (Å²) < 4.78 is 3.38. The zero-order valence-electron chi connectivity index (χ0n) is 9.99. The predicted molar refractivity (Wildman–Crippen MR) is 74.4 cm³/mol. The van der Waals surface area contributed by atoms with Crippen molar-refractivity contribution in [2.24, 2.45) is 11.8 Å². The Kier molecular flexibility index (Phi) is 4.24. The van der Waals surface area contributed by atoms with Crippen LogP contribution < -0.4 is 5.32 Å². The lowest BCUT2D eigenvalue weighted by molar-refractivity contribution is 0.162. The quantitative estimate of drug-likeness (QED) is 0.840. The minimum atomic E-state index is 0.628. The van der Waals surface area contributed by atoms with E-state index in [1.165, 1.54) is 16.4 Å². The van der Waals surface area contributed by atoms with Gasteiger partial charge in [-0.05, 0) is 53.8 Å². The summed E-state index contributed by atoms with van der Waals surface area (Å²) in [5, 5.41) is 7.96. The molecule has 90 valence electrons. The Morgan fingerprint density at radius 3 is 2.88 bits per heavy atom. The predicted octanol–water partition coefficient (Wildman–Crippen LogP) is 2.68. The van der Waals surface area contributed by atoms with Crippen molar-refractivity contribution in [2.75, 3.05) is 13.1 Å². The molecular weight excluding hydrogens is 313 g/mol. The van der Waals surface area contributed by atoms with E-state index in [0.717, 1.165) is 24.9 Å². The fraction of sp³-hybridized carbons (Fsp3) is 0.750. The largest absolute Gasteiger partial charge is 0.316 e. The van der Waals surface area contributed by atoms with Gasteiger partial charge in [-0.1, -0.05) is 13.8 Å². The fourth-order valence-corrected chi connectivity index (χ4v) is 2.60. The van der Waals surface area contributed by atoms with Crippen molar-refractivity contribution in [3.8, 4) is 0 Å². The number of halogens is 1. The zero-order valence-corrected chi connectivity index (χ0v) is 12.1. The van der Waals surface area contributed by atoms with Crippen molar-refractivity contribution < 1.29 is 0 Å². The summed E-state index contributed by atoms with van der Waals surface area (Å²) in [7, 11) is 0. The lowest BCUT2D eigenvalue weighted by Crippen LogP contribution is -2.38. The van der Waals surface area contributed by atoms with Gasteiger partial charge in [-0.2, -0.15) is 5.10 Å². The van der Waals surface area contributed by atoms with E-state index < -0.39 is 0 Å². The molecule has 2 rings (SSSR count). The molecule has 1 aliphatic carbocycles. The molecule has 4 heteroatoms. The van der Waals surface area contributed by atoms with Crippen molar-refractivity contribution in [3.63, 3.8) is 0 Å². The first-order chi connectivity index (χ1) is 7.66. The van der Waals surface area contributed by atoms with Crippen LogP contribution in [0.4, 0.5) is 0 Å². The topological polar surface area (TPSA) is 29.9 Å². The Morgan fingerprint density at radius 2 is 2.38 bits per heavy atom. The summed E-state index contributed by atoms with van der Waals surface area (Å²) in [6.45, 7) is 6.77. The van der Waals surface area contributed by atoms with Crippen molar-refractivity contribution in [2.45, 2.75) is 32.7 Å². The molecule has 0 radical (unpaired) electrons. The molecular formula is C12H20IN3. The third-order valence-corrected chi connectivity index (χ3v) is 3.80. The first-order valence-electron chi connectivity index (χ1n) is 6.07. The second-order valence-electron chi connectivity index (χ2n) is 5.10.